The Morgan fingerprint density at radius 2 is 2.44 bits per heavy atom. The van der Waals surface area contributed by atoms with Gasteiger partial charge in [0.1, 0.15) is 23.6 Å². The van der Waals surface area contributed by atoms with E-state index in [2.05, 4.69) is 10.3 Å². The van der Waals surface area contributed by atoms with E-state index in [0.717, 1.165) is 12.6 Å². The molecule has 0 radical (unpaired) electrons. The van der Waals surface area contributed by atoms with Gasteiger partial charge in [-0.1, -0.05) is 0 Å². The Kier molecular flexibility index (Phi) is 2.42. The van der Waals surface area contributed by atoms with Gasteiger partial charge in [-0.15, -0.1) is 0 Å². The number of hydrogen-bond donors (Lipinski definition) is 2. The Labute approximate surface area is 91.0 Å². The van der Waals surface area contributed by atoms with Gasteiger partial charge >= 0.3 is 0 Å². The lowest BCUT2D eigenvalue weighted by atomic mass is 10.2. The van der Waals surface area contributed by atoms with Crippen LogP contribution in [0.5, 0.6) is 0 Å². The van der Waals surface area contributed by atoms with Gasteiger partial charge in [0.2, 0.25) is 0 Å². The molecular formula is C9H9N5O2. The lowest BCUT2D eigenvalue weighted by molar-refractivity contribution is -0.385. The third kappa shape index (κ3) is 1.92. The van der Waals surface area contributed by atoms with Gasteiger partial charge in [-0.3, -0.25) is 10.1 Å². The van der Waals surface area contributed by atoms with Crippen LogP contribution in [0, 0.1) is 21.4 Å². The van der Waals surface area contributed by atoms with E-state index in [0.29, 0.717) is 5.82 Å². The first-order valence-electron chi connectivity index (χ1n) is 4.68. The van der Waals surface area contributed by atoms with Crippen molar-refractivity contribution in [3.8, 4) is 6.07 Å². The fourth-order valence-electron chi connectivity index (χ4n) is 1.31. The average Bonchev–Trinajstić information content (AvgIpc) is 2.94. The van der Waals surface area contributed by atoms with Crippen molar-refractivity contribution in [3.05, 3.63) is 27.9 Å². The van der Waals surface area contributed by atoms with Gasteiger partial charge in [-0.05, 0) is 6.42 Å². The summed E-state index contributed by atoms with van der Waals surface area (Å²) in [6.07, 6.45) is 1.95. The minimum Gasteiger partial charge on any atom is -0.365 e. The summed E-state index contributed by atoms with van der Waals surface area (Å²) in [5, 5.41) is 22.3. The number of rotatable bonds is 3. The predicted octanol–water partition coefficient (Wildman–Crippen LogP) is 0.373. The molecular weight excluding hydrogens is 210 g/mol. The van der Waals surface area contributed by atoms with Crippen molar-refractivity contribution in [3.63, 3.8) is 0 Å². The van der Waals surface area contributed by atoms with E-state index in [-0.39, 0.29) is 23.3 Å². The maximum atomic E-state index is 10.5. The first-order valence-corrected chi connectivity index (χ1v) is 4.68. The van der Waals surface area contributed by atoms with Gasteiger partial charge < -0.3 is 11.1 Å². The summed E-state index contributed by atoms with van der Waals surface area (Å²) in [5.74, 6) is 0.353. The van der Waals surface area contributed by atoms with E-state index in [1.807, 2.05) is 6.07 Å². The summed E-state index contributed by atoms with van der Waals surface area (Å²) >= 11 is 0. The second-order valence-corrected chi connectivity index (χ2v) is 3.61. The second kappa shape index (κ2) is 3.75. The van der Waals surface area contributed by atoms with E-state index in [1.165, 1.54) is 6.07 Å². The number of pyridine rings is 1. The van der Waals surface area contributed by atoms with Crippen LogP contribution in [-0.4, -0.2) is 22.0 Å². The summed E-state index contributed by atoms with van der Waals surface area (Å²) in [5.41, 5.74) is 5.57. The Morgan fingerprint density at radius 1 is 1.75 bits per heavy atom. The van der Waals surface area contributed by atoms with Gasteiger partial charge in [-0.25, -0.2) is 4.98 Å². The zero-order valence-corrected chi connectivity index (χ0v) is 8.25. The Balaban J connectivity index is 2.25. The largest absolute Gasteiger partial charge is 0.365 e. The van der Waals surface area contributed by atoms with Crippen LogP contribution < -0.4 is 11.1 Å². The molecule has 1 aromatic rings. The number of nitro groups is 1. The van der Waals surface area contributed by atoms with Crippen molar-refractivity contribution < 1.29 is 4.92 Å². The van der Waals surface area contributed by atoms with Gasteiger partial charge in [0.15, 0.2) is 0 Å². The molecule has 1 aliphatic rings. The van der Waals surface area contributed by atoms with Gasteiger partial charge in [0, 0.05) is 18.2 Å². The van der Waals surface area contributed by atoms with Crippen LogP contribution in [-0.2, 0) is 0 Å². The van der Waals surface area contributed by atoms with Gasteiger partial charge in [0.05, 0.1) is 4.92 Å². The summed E-state index contributed by atoms with van der Waals surface area (Å²) < 4.78 is 0. The van der Waals surface area contributed by atoms with Crippen LogP contribution >= 0.6 is 0 Å². The van der Waals surface area contributed by atoms with E-state index < -0.39 is 4.92 Å². The summed E-state index contributed by atoms with van der Waals surface area (Å²) in [7, 11) is 0. The molecule has 7 nitrogen and oxygen atoms in total. The standard InChI is InChI=1S/C9H9N5O2/c10-3-5-1-6(14(15)16)4-12-9(5)13-8-2-7(8)11/h1,4,7-8H,2,11H2,(H,12,13). The molecule has 82 valence electrons. The normalized spacial score (nSPS) is 22.2. The fourth-order valence-corrected chi connectivity index (χ4v) is 1.31. The monoisotopic (exact) mass is 219 g/mol. The van der Waals surface area contributed by atoms with Crippen LogP contribution in [0.3, 0.4) is 0 Å². The highest BCUT2D eigenvalue weighted by Crippen LogP contribution is 2.25. The number of aromatic nitrogens is 1. The summed E-state index contributed by atoms with van der Waals surface area (Å²) in [6.45, 7) is 0. The number of nitrogens with one attached hydrogen (secondary N) is 1. The number of anilines is 1. The minimum atomic E-state index is -0.583. The molecule has 2 rings (SSSR count). The smallest absolute Gasteiger partial charge is 0.289 e. The highest BCUT2D eigenvalue weighted by molar-refractivity contribution is 5.56. The summed E-state index contributed by atoms with van der Waals surface area (Å²) in [4.78, 5) is 13.8. The highest BCUT2D eigenvalue weighted by atomic mass is 16.6. The van der Waals surface area contributed by atoms with Crippen molar-refractivity contribution >= 4 is 11.5 Å². The molecule has 3 N–H and O–H groups in total. The zero-order valence-electron chi connectivity index (χ0n) is 8.25. The Morgan fingerprint density at radius 3 is 2.94 bits per heavy atom. The maximum Gasteiger partial charge on any atom is 0.289 e. The molecule has 0 aromatic carbocycles. The maximum absolute atomic E-state index is 10.5. The fraction of sp³-hybridized carbons (Fsp3) is 0.333. The number of nitrogens with two attached hydrogens (primary N) is 1. The number of nitrogens with zero attached hydrogens (tertiary/aromatic N) is 3. The highest BCUT2D eigenvalue weighted by Gasteiger charge is 2.34. The van der Waals surface area contributed by atoms with Crippen molar-refractivity contribution in [2.45, 2.75) is 18.5 Å². The quantitative estimate of drug-likeness (QED) is 0.560. The van der Waals surface area contributed by atoms with Crippen molar-refractivity contribution in [2.75, 3.05) is 5.32 Å². The lowest BCUT2D eigenvalue weighted by Crippen LogP contribution is -2.14. The molecule has 1 aliphatic carbocycles. The van der Waals surface area contributed by atoms with E-state index in [4.69, 9.17) is 11.0 Å². The Hall–Kier alpha value is -2.20. The molecule has 1 fully saturated rings. The molecule has 0 spiro atoms. The SMILES string of the molecule is N#Cc1cc([N+](=O)[O-])cnc1NC1CC1N. The average molecular weight is 219 g/mol. The molecule has 0 saturated heterocycles. The number of nitriles is 1. The first-order chi connectivity index (χ1) is 7.61. The van der Waals surface area contributed by atoms with Crippen LogP contribution in [0.1, 0.15) is 12.0 Å². The van der Waals surface area contributed by atoms with Crippen LogP contribution in [0.15, 0.2) is 12.3 Å². The third-order valence-electron chi connectivity index (χ3n) is 2.37. The van der Waals surface area contributed by atoms with Crippen LogP contribution in [0.4, 0.5) is 11.5 Å². The third-order valence-corrected chi connectivity index (χ3v) is 2.37. The van der Waals surface area contributed by atoms with Crippen molar-refractivity contribution in [1.29, 1.82) is 5.26 Å². The minimum absolute atomic E-state index is 0.0727. The zero-order chi connectivity index (χ0) is 11.7. The molecule has 1 heterocycles. The molecule has 1 saturated carbocycles. The van der Waals surface area contributed by atoms with Gasteiger partial charge in [-0.2, -0.15) is 5.26 Å². The predicted molar refractivity (Wildman–Crippen MR) is 55.6 cm³/mol. The van der Waals surface area contributed by atoms with Crippen LogP contribution in [0.2, 0.25) is 0 Å². The number of hydrogen-bond acceptors (Lipinski definition) is 6. The topological polar surface area (TPSA) is 118 Å². The van der Waals surface area contributed by atoms with E-state index >= 15 is 0 Å². The first kappa shape index (κ1) is 10.3. The van der Waals surface area contributed by atoms with Gasteiger partial charge in [0.25, 0.3) is 5.69 Å². The molecule has 2 atom stereocenters. The molecule has 7 heteroatoms. The van der Waals surface area contributed by atoms with E-state index in [9.17, 15) is 10.1 Å². The lowest BCUT2D eigenvalue weighted by Gasteiger charge is -2.04. The Bertz CT molecular complexity index is 481. The van der Waals surface area contributed by atoms with E-state index in [1.54, 1.807) is 0 Å². The summed E-state index contributed by atoms with van der Waals surface area (Å²) in [6, 6.07) is 3.25. The second-order valence-electron chi connectivity index (χ2n) is 3.61. The molecule has 0 aliphatic heterocycles. The molecule has 2 unspecified atom stereocenters. The van der Waals surface area contributed by atoms with Crippen LogP contribution in [0.25, 0.3) is 0 Å². The molecule has 16 heavy (non-hydrogen) atoms. The molecule has 0 bridgehead atoms. The molecule has 0 amide bonds. The van der Waals surface area contributed by atoms with Crippen molar-refractivity contribution in [2.24, 2.45) is 5.73 Å². The molecule has 1 aromatic heterocycles. The van der Waals surface area contributed by atoms with Crippen molar-refractivity contribution in [1.82, 2.24) is 4.98 Å².